The van der Waals surface area contributed by atoms with E-state index < -0.39 is 0 Å². The number of thiazole rings is 1. The Morgan fingerprint density at radius 1 is 1.00 bits per heavy atom. The number of benzene rings is 1. The molecule has 1 heterocycles. The zero-order valence-corrected chi connectivity index (χ0v) is 10.5. The Balaban J connectivity index is 2.08. The molecule has 2 N–H and O–H groups in total. The van der Waals surface area contributed by atoms with Gasteiger partial charge in [-0.3, -0.25) is 0 Å². The molecule has 88 valence electrons. The molecule has 0 saturated heterocycles. The molecule has 1 aliphatic carbocycles. The molecule has 0 radical (unpaired) electrons. The lowest BCUT2D eigenvalue weighted by Gasteiger charge is -2.02. The summed E-state index contributed by atoms with van der Waals surface area (Å²) in [6.45, 7) is 0. The molecule has 3 rings (SSSR count). The maximum atomic E-state index is 5.72. The van der Waals surface area contributed by atoms with Crippen molar-refractivity contribution in [3.05, 3.63) is 66.3 Å². The molecule has 0 unspecified atom stereocenters. The predicted octanol–water partition coefficient (Wildman–Crippen LogP) is 3.94. The molecule has 0 saturated carbocycles. The summed E-state index contributed by atoms with van der Waals surface area (Å²) in [7, 11) is 0. The van der Waals surface area contributed by atoms with Crippen molar-refractivity contribution in [2.75, 3.05) is 5.73 Å². The average Bonchev–Trinajstić information content (AvgIpc) is 2.67. The third-order valence-electron chi connectivity index (χ3n) is 2.73. The maximum absolute atomic E-state index is 5.72. The number of nitrogens with two attached hydrogens (primary N) is 1. The zero-order chi connectivity index (χ0) is 12.4. The minimum absolute atomic E-state index is 0.618. The molecule has 0 amide bonds. The highest BCUT2D eigenvalue weighted by molar-refractivity contribution is 7.22. The summed E-state index contributed by atoms with van der Waals surface area (Å²) >= 11 is 1.52. The first-order chi connectivity index (χ1) is 8.83. The van der Waals surface area contributed by atoms with Crippen molar-refractivity contribution in [3.63, 3.8) is 0 Å². The maximum Gasteiger partial charge on any atom is 0.181 e. The number of aromatic nitrogens is 1. The van der Waals surface area contributed by atoms with Crippen LogP contribution in [0.1, 0.15) is 5.56 Å². The van der Waals surface area contributed by atoms with Gasteiger partial charge in [-0.2, -0.15) is 0 Å². The first-order valence-corrected chi connectivity index (χ1v) is 6.53. The molecule has 0 fully saturated rings. The van der Waals surface area contributed by atoms with Crippen molar-refractivity contribution >= 4 is 32.3 Å². The van der Waals surface area contributed by atoms with Crippen molar-refractivity contribution in [2.45, 2.75) is 0 Å². The highest BCUT2D eigenvalue weighted by atomic mass is 32.1. The Kier molecular flexibility index (Phi) is 2.82. The van der Waals surface area contributed by atoms with Crippen molar-refractivity contribution in [1.29, 1.82) is 0 Å². The molecule has 18 heavy (non-hydrogen) atoms. The van der Waals surface area contributed by atoms with Gasteiger partial charge in [0.2, 0.25) is 0 Å². The van der Waals surface area contributed by atoms with Crippen LogP contribution >= 0.6 is 11.3 Å². The lowest BCUT2D eigenvalue weighted by atomic mass is 10.0. The number of anilines is 1. The zero-order valence-electron chi connectivity index (χ0n) is 9.71. The first-order valence-electron chi connectivity index (χ1n) is 5.71. The van der Waals surface area contributed by atoms with Gasteiger partial charge in [0.25, 0.3) is 0 Å². The van der Waals surface area contributed by atoms with Gasteiger partial charge in [0.15, 0.2) is 5.13 Å². The number of allylic oxidation sites excluding steroid dienone is 8. The van der Waals surface area contributed by atoms with Crippen LogP contribution in [0.25, 0.3) is 15.8 Å². The number of nitrogens with zero attached hydrogens (tertiary/aromatic N) is 1. The summed E-state index contributed by atoms with van der Waals surface area (Å²) in [5, 5.41) is 0.618. The van der Waals surface area contributed by atoms with Gasteiger partial charge in [0.05, 0.1) is 10.2 Å². The Bertz CT molecular complexity index is 702. The van der Waals surface area contributed by atoms with Gasteiger partial charge in [-0.25, -0.2) is 4.98 Å². The Morgan fingerprint density at radius 3 is 2.78 bits per heavy atom. The Hall–Kier alpha value is -2.13. The first kappa shape index (κ1) is 11.0. The number of nitrogen functional groups attached to an aromatic ring is 1. The van der Waals surface area contributed by atoms with Crippen LogP contribution in [0.5, 0.6) is 0 Å². The van der Waals surface area contributed by atoms with E-state index in [0.29, 0.717) is 5.13 Å². The van der Waals surface area contributed by atoms with E-state index in [2.05, 4.69) is 29.3 Å². The van der Waals surface area contributed by atoms with Gasteiger partial charge >= 0.3 is 0 Å². The summed E-state index contributed by atoms with van der Waals surface area (Å²) in [6, 6.07) is 6.24. The highest BCUT2D eigenvalue weighted by Gasteiger charge is 2.04. The van der Waals surface area contributed by atoms with E-state index in [-0.39, 0.29) is 0 Å². The topological polar surface area (TPSA) is 38.9 Å². The number of hydrogen-bond donors (Lipinski definition) is 1. The van der Waals surface area contributed by atoms with E-state index in [1.165, 1.54) is 22.5 Å². The van der Waals surface area contributed by atoms with Crippen LogP contribution in [0.3, 0.4) is 0 Å². The standard InChI is InChI=1S/C15H12N2S/c16-15-17-13-9-8-12(10-14(13)18-15)11-6-4-2-1-3-5-7-11/h1-10H,(H2,16,17). The predicted molar refractivity (Wildman–Crippen MR) is 79.4 cm³/mol. The third kappa shape index (κ3) is 2.13. The Morgan fingerprint density at radius 2 is 1.83 bits per heavy atom. The van der Waals surface area contributed by atoms with Crippen LogP contribution in [-0.4, -0.2) is 4.98 Å². The molecule has 0 bridgehead atoms. The average molecular weight is 252 g/mol. The molecule has 2 aromatic rings. The minimum atomic E-state index is 0.618. The molecule has 3 heteroatoms. The quantitative estimate of drug-likeness (QED) is 0.834. The summed E-state index contributed by atoms with van der Waals surface area (Å²) < 4.78 is 1.13. The van der Waals surface area contributed by atoms with Crippen LogP contribution in [-0.2, 0) is 0 Å². The second-order valence-corrected chi connectivity index (χ2v) is 5.05. The second-order valence-electron chi connectivity index (χ2n) is 3.99. The van der Waals surface area contributed by atoms with E-state index in [9.17, 15) is 0 Å². The van der Waals surface area contributed by atoms with Crippen LogP contribution in [0.4, 0.5) is 5.13 Å². The van der Waals surface area contributed by atoms with Gasteiger partial charge in [-0.1, -0.05) is 59.9 Å². The normalized spacial score (nSPS) is 14.6. The van der Waals surface area contributed by atoms with Gasteiger partial charge in [-0.05, 0) is 23.3 Å². The molecule has 0 spiro atoms. The van der Waals surface area contributed by atoms with E-state index in [0.717, 1.165) is 10.2 Å². The van der Waals surface area contributed by atoms with Crippen molar-refractivity contribution < 1.29 is 0 Å². The van der Waals surface area contributed by atoms with Crippen molar-refractivity contribution in [2.24, 2.45) is 0 Å². The van der Waals surface area contributed by atoms with E-state index in [1.807, 2.05) is 36.4 Å². The molecule has 0 aliphatic heterocycles. The van der Waals surface area contributed by atoms with Gasteiger partial charge in [0, 0.05) is 0 Å². The number of rotatable bonds is 1. The van der Waals surface area contributed by atoms with E-state index in [1.54, 1.807) is 0 Å². The third-order valence-corrected chi connectivity index (χ3v) is 3.58. The fourth-order valence-electron chi connectivity index (χ4n) is 1.88. The lowest BCUT2D eigenvalue weighted by Crippen LogP contribution is -1.81. The monoisotopic (exact) mass is 252 g/mol. The summed E-state index contributed by atoms with van der Waals surface area (Å²) in [5.74, 6) is 0. The molecular formula is C15H12N2S. The smallest absolute Gasteiger partial charge is 0.181 e. The largest absolute Gasteiger partial charge is 0.375 e. The molecule has 1 aromatic carbocycles. The molecule has 0 atom stereocenters. The van der Waals surface area contributed by atoms with Gasteiger partial charge in [-0.15, -0.1) is 0 Å². The molecule has 1 aliphatic rings. The van der Waals surface area contributed by atoms with Gasteiger partial charge in [0.1, 0.15) is 0 Å². The van der Waals surface area contributed by atoms with Gasteiger partial charge < -0.3 is 5.73 Å². The van der Waals surface area contributed by atoms with Crippen molar-refractivity contribution in [3.8, 4) is 0 Å². The number of hydrogen-bond acceptors (Lipinski definition) is 3. The van der Waals surface area contributed by atoms with Crippen LogP contribution < -0.4 is 5.73 Å². The minimum Gasteiger partial charge on any atom is -0.375 e. The van der Waals surface area contributed by atoms with Crippen LogP contribution in [0.2, 0.25) is 0 Å². The summed E-state index contributed by atoms with van der Waals surface area (Å²) in [4.78, 5) is 4.27. The fourth-order valence-corrected chi connectivity index (χ4v) is 2.65. The Labute approximate surface area is 109 Å². The van der Waals surface area contributed by atoms with Crippen LogP contribution in [0.15, 0.2) is 60.7 Å². The SMILES string of the molecule is Nc1nc2ccc(C3=CC=CC=CC=C3)cc2s1. The number of fused-ring (bicyclic) bond motifs is 1. The van der Waals surface area contributed by atoms with E-state index >= 15 is 0 Å². The second kappa shape index (κ2) is 4.63. The molecule has 2 nitrogen and oxygen atoms in total. The lowest BCUT2D eigenvalue weighted by molar-refractivity contribution is 1.49. The summed E-state index contributed by atoms with van der Waals surface area (Å²) in [5.41, 5.74) is 9.06. The fraction of sp³-hybridized carbons (Fsp3) is 0. The molecular weight excluding hydrogens is 240 g/mol. The highest BCUT2D eigenvalue weighted by Crippen LogP contribution is 2.28. The van der Waals surface area contributed by atoms with Crippen molar-refractivity contribution in [1.82, 2.24) is 4.98 Å². The van der Waals surface area contributed by atoms with Crippen LogP contribution in [0, 0.1) is 0 Å². The summed E-state index contributed by atoms with van der Waals surface area (Å²) in [6.07, 6.45) is 14.3. The van der Waals surface area contributed by atoms with E-state index in [4.69, 9.17) is 5.73 Å². The molecule has 1 aromatic heterocycles.